The number of benzene rings is 1. The van der Waals surface area contributed by atoms with E-state index in [0.717, 1.165) is 56.9 Å². The smallest absolute Gasteiger partial charge is 0.223 e. The lowest BCUT2D eigenvalue weighted by atomic mass is 9.56. The van der Waals surface area contributed by atoms with E-state index in [1.54, 1.807) is 0 Å². The van der Waals surface area contributed by atoms with Gasteiger partial charge in [-0.15, -0.1) is 0 Å². The van der Waals surface area contributed by atoms with Gasteiger partial charge in [0.15, 0.2) is 23.8 Å². The minimum absolute atomic E-state index is 0.0303. The fraction of sp³-hybridized carbons (Fsp3) is 0.833. The van der Waals surface area contributed by atoms with Gasteiger partial charge >= 0.3 is 0 Å². The van der Waals surface area contributed by atoms with Crippen molar-refractivity contribution in [1.29, 1.82) is 0 Å². The van der Waals surface area contributed by atoms with Crippen molar-refractivity contribution in [1.82, 2.24) is 5.32 Å². The molecule has 1 aromatic rings. The van der Waals surface area contributed by atoms with E-state index in [1.165, 1.54) is 5.56 Å². The van der Waals surface area contributed by atoms with Crippen molar-refractivity contribution in [3.8, 4) is 0 Å². The van der Waals surface area contributed by atoms with Gasteiger partial charge in [0.05, 0.1) is 12.2 Å². The molecule has 2 aliphatic carbocycles. The molecule has 16 atom stereocenters. The Balaban J connectivity index is 1.00. The summed E-state index contributed by atoms with van der Waals surface area (Å²) < 4.78 is 27.5. The predicted molar refractivity (Wildman–Crippen MR) is 189 cm³/mol. The third-order valence-corrected chi connectivity index (χ3v) is 15.6. The molecule has 1 N–H and O–H groups in total. The molecule has 10 fully saturated rings. The van der Waals surface area contributed by atoms with Crippen molar-refractivity contribution in [3.05, 3.63) is 35.4 Å². The Morgan fingerprint density at radius 1 is 0.692 bits per heavy atom. The minimum Gasteiger partial charge on any atom is -0.352 e. The summed E-state index contributed by atoms with van der Waals surface area (Å²) in [5.74, 6) is 0.277. The van der Waals surface area contributed by atoms with Gasteiger partial charge < -0.3 is 24.3 Å². The van der Waals surface area contributed by atoms with Crippen LogP contribution in [0.25, 0.3) is 0 Å². The van der Waals surface area contributed by atoms with Crippen LogP contribution in [0.1, 0.15) is 117 Å². The number of aryl methyl sites for hydroxylation is 1. The van der Waals surface area contributed by atoms with Crippen molar-refractivity contribution >= 4 is 5.91 Å². The second-order valence-electron chi connectivity index (χ2n) is 18.8. The van der Waals surface area contributed by atoms with E-state index in [0.29, 0.717) is 43.1 Å². The van der Waals surface area contributed by atoms with Crippen molar-refractivity contribution in [2.45, 2.75) is 167 Å². The monoisotopic (exact) mass is 723 g/mol. The molecule has 0 radical (unpaired) electrons. The lowest BCUT2D eigenvalue weighted by molar-refractivity contribution is -0.571. The van der Waals surface area contributed by atoms with Crippen molar-refractivity contribution < 1.29 is 43.3 Å². The van der Waals surface area contributed by atoms with E-state index in [-0.39, 0.29) is 47.7 Å². The maximum absolute atomic E-state index is 14.5. The summed E-state index contributed by atoms with van der Waals surface area (Å²) in [6.45, 7) is 15.8. The van der Waals surface area contributed by atoms with E-state index in [9.17, 15) is 4.79 Å². The molecule has 11 rings (SSSR count). The number of carbonyl (C=O) groups excluding carboxylic acids is 1. The quantitative estimate of drug-likeness (QED) is 0.287. The fourth-order valence-electron chi connectivity index (χ4n) is 12.4. The number of hydrogen-bond donors (Lipinski definition) is 1. The molecule has 1 aromatic carbocycles. The van der Waals surface area contributed by atoms with Crippen molar-refractivity contribution in [2.24, 2.45) is 53.3 Å². The van der Waals surface area contributed by atoms with Crippen LogP contribution in [-0.2, 0) is 49.8 Å². The highest BCUT2D eigenvalue weighted by molar-refractivity contribution is 5.78. The average molecular weight is 724 g/mol. The van der Waals surface area contributed by atoms with Crippen molar-refractivity contribution in [3.63, 3.8) is 0 Å². The first-order valence-electron chi connectivity index (χ1n) is 20.6. The Hall–Kier alpha value is -1.63. The topological polar surface area (TPSA) is 103 Å². The summed E-state index contributed by atoms with van der Waals surface area (Å²) >= 11 is 0. The molecule has 52 heavy (non-hydrogen) atoms. The van der Waals surface area contributed by atoms with Crippen molar-refractivity contribution in [2.75, 3.05) is 0 Å². The molecule has 288 valence electrons. The van der Waals surface area contributed by atoms with Crippen LogP contribution in [0.2, 0.25) is 0 Å². The molecule has 10 heteroatoms. The summed E-state index contributed by atoms with van der Waals surface area (Å²) in [7, 11) is 0. The van der Waals surface area contributed by atoms with Gasteiger partial charge in [0.25, 0.3) is 0 Å². The number of fused-ring (bicyclic) bond motifs is 4. The van der Waals surface area contributed by atoms with Crippen LogP contribution in [0.3, 0.4) is 0 Å². The Labute approximate surface area is 309 Å². The second kappa shape index (κ2) is 13.0. The molecule has 10 nitrogen and oxygen atoms in total. The molecule has 0 aromatic heterocycles. The van der Waals surface area contributed by atoms with Gasteiger partial charge in [-0.05, 0) is 113 Å². The molecule has 4 bridgehead atoms. The molecule has 2 saturated carbocycles. The van der Waals surface area contributed by atoms with Crippen LogP contribution in [-0.4, -0.2) is 53.5 Å². The van der Waals surface area contributed by atoms with Crippen LogP contribution >= 0.6 is 0 Å². The van der Waals surface area contributed by atoms with Crippen LogP contribution in [0.5, 0.6) is 0 Å². The van der Waals surface area contributed by atoms with Crippen LogP contribution < -0.4 is 5.32 Å². The molecule has 8 heterocycles. The zero-order valence-corrected chi connectivity index (χ0v) is 32.3. The second-order valence-corrected chi connectivity index (χ2v) is 18.8. The third kappa shape index (κ3) is 5.59. The summed E-state index contributed by atoms with van der Waals surface area (Å²) in [5.41, 5.74) is 1.01. The van der Waals surface area contributed by atoms with Crippen LogP contribution in [0.15, 0.2) is 24.3 Å². The minimum atomic E-state index is -0.843. The molecule has 8 aliphatic heterocycles. The highest BCUT2D eigenvalue weighted by Crippen LogP contribution is 2.63. The van der Waals surface area contributed by atoms with Crippen LogP contribution in [0.4, 0.5) is 0 Å². The molecular formula is C42H61NO9. The van der Waals surface area contributed by atoms with E-state index in [1.807, 2.05) is 13.8 Å². The largest absolute Gasteiger partial charge is 0.352 e. The zero-order chi connectivity index (χ0) is 36.2. The lowest BCUT2D eigenvalue weighted by Crippen LogP contribution is -2.70. The molecule has 1 amide bonds. The fourth-order valence-corrected chi connectivity index (χ4v) is 12.4. The van der Waals surface area contributed by atoms with Gasteiger partial charge in [0.1, 0.15) is 0 Å². The highest BCUT2D eigenvalue weighted by Gasteiger charge is 2.71. The number of amides is 1. The van der Waals surface area contributed by atoms with Gasteiger partial charge in [0, 0.05) is 37.1 Å². The lowest BCUT2D eigenvalue weighted by Gasteiger charge is -2.61. The summed E-state index contributed by atoms with van der Waals surface area (Å²) in [6, 6.07) is 8.36. The SMILES string of the molecule is Cc1ccc(CNC(=O)C(C[C@H]2O[C@@H]3O[C@]4(C)CC[C@H]5[C@H](C)CC[C@@H]([C@H]2C)[C@@]35OO4)C[C@H]2O[C@@H]3O[C@]4(C)CC[C@H]5[C@H](C)CC[C@@H]([C@H]2C)[C@@]35OO4)cc1. The first-order chi connectivity index (χ1) is 24.8. The summed E-state index contributed by atoms with van der Waals surface area (Å²) in [5, 5.41) is 3.32. The highest BCUT2D eigenvalue weighted by atomic mass is 17.3. The molecule has 2 spiro atoms. The standard InChI is InChI=1S/C42H61NO9/c1-23-8-12-28(13-9-23)22-43-36(44)29(20-34-26(4)32-14-10-24(2)30-16-18-39(6)47-37(45-34)41(30,32)51-49-39)21-35-27(5)33-15-11-25(3)31-17-19-40(7)48-38(46-35)42(31,33)52-50-40/h8-9,12-13,24-27,29-35,37-38H,10-11,14-22H2,1-7H3,(H,43,44)/t24-,25-,26-,27-,30+,31+,32+,33+,34-,35-,37-,38-,39+,40+,41-,42-/m1/s1. The normalized spacial score (nSPS) is 50.5. The Bertz CT molecular complexity index is 1430. The number of hydrogen-bond acceptors (Lipinski definition) is 9. The third-order valence-electron chi connectivity index (χ3n) is 15.6. The van der Waals surface area contributed by atoms with Gasteiger partial charge in [-0.1, -0.05) is 57.5 Å². The molecule has 8 saturated heterocycles. The molecular weight excluding hydrogens is 662 g/mol. The molecule has 10 aliphatic rings. The average Bonchev–Trinajstić information content (AvgIpc) is 3.49. The summed E-state index contributed by atoms with van der Waals surface area (Å²) in [4.78, 5) is 39.6. The first-order valence-corrected chi connectivity index (χ1v) is 20.6. The number of carbonyl (C=O) groups is 1. The van der Waals surface area contributed by atoms with Gasteiger partial charge in [-0.25, -0.2) is 19.6 Å². The summed E-state index contributed by atoms with van der Waals surface area (Å²) in [6.07, 6.45) is 7.53. The molecule has 0 unspecified atom stereocenters. The first kappa shape index (κ1) is 36.0. The number of ether oxygens (including phenoxy) is 4. The van der Waals surface area contributed by atoms with E-state index in [2.05, 4.69) is 64.2 Å². The van der Waals surface area contributed by atoms with Gasteiger partial charge in [-0.2, -0.15) is 0 Å². The maximum Gasteiger partial charge on any atom is 0.223 e. The number of nitrogens with one attached hydrogen (secondary N) is 1. The van der Waals surface area contributed by atoms with E-state index < -0.39 is 35.4 Å². The Morgan fingerprint density at radius 2 is 1.17 bits per heavy atom. The Kier molecular flexibility index (Phi) is 8.99. The maximum atomic E-state index is 14.5. The van der Waals surface area contributed by atoms with Gasteiger partial charge in [-0.3, -0.25) is 4.79 Å². The predicted octanol–water partition coefficient (Wildman–Crippen LogP) is 7.51. The Morgan fingerprint density at radius 3 is 1.65 bits per heavy atom. The van der Waals surface area contributed by atoms with Crippen LogP contribution in [0, 0.1) is 60.2 Å². The zero-order valence-electron chi connectivity index (χ0n) is 32.3. The van der Waals surface area contributed by atoms with Gasteiger partial charge in [0.2, 0.25) is 17.5 Å². The van der Waals surface area contributed by atoms with E-state index >= 15 is 0 Å². The van der Waals surface area contributed by atoms with E-state index in [4.69, 9.17) is 38.5 Å². The number of rotatable bonds is 7.